The van der Waals surface area contributed by atoms with Crippen molar-refractivity contribution in [3.8, 4) is 5.75 Å². The van der Waals surface area contributed by atoms with Gasteiger partial charge in [0.1, 0.15) is 5.75 Å². The van der Waals surface area contributed by atoms with Crippen molar-refractivity contribution in [1.82, 2.24) is 4.98 Å². The third-order valence-corrected chi connectivity index (χ3v) is 3.01. The summed E-state index contributed by atoms with van der Waals surface area (Å²) in [5.41, 5.74) is -0.0226. The molecule has 6 heteroatoms. The third-order valence-electron chi connectivity index (χ3n) is 2.69. The van der Waals surface area contributed by atoms with Gasteiger partial charge in [-0.05, 0) is 18.6 Å². The van der Waals surface area contributed by atoms with Gasteiger partial charge in [0.15, 0.2) is 5.56 Å². The molecule has 0 aliphatic heterocycles. The molecule has 94 valence electrons. The van der Waals surface area contributed by atoms with E-state index in [1.54, 1.807) is 19.1 Å². The fourth-order valence-electron chi connectivity index (χ4n) is 1.77. The van der Waals surface area contributed by atoms with E-state index in [1.807, 2.05) is 0 Å². The van der Waals surface area contributed by atoms with Crippen molar-refractivity contribution in [2.45, 2.75) is 6.92 Å². The lowest BCUT2D eigenvalue weighted by atomic mass is 10.1. The molecule has 2 aromatic rings. The molecule has 2 N–H and O–H groups in total. The van der Waals surface area contributed by atoms with Crippen LogP contribution in [0.3, 0.4) is 0 Å². The normalized spacial score (nSPS) is 10.6. The Morgan fingerprint density at radius 1 is 1.44 bits per heavy atom. The minimum absolute atomic E-state index is 0.233. The van der Waals surface area contributed by atoms with E-state index in [9.17, 15) is 14.7 Å². The number of ether oxygens (including phenoxy) is 1. The summed E-state index contributed by atoms with van der Waals surface area (Å²) in [6, 6.07) is 3.29. The SMILES string of the molecule is COC(=O)c1c(O)c2c(Cl)ccc(C)c2[nH]c1=O. The van der Waals surface area contributed by atoms with Crippen molar-refractivity contribution in [2.75, 3.05) is 7.11 Å². The van der Waals surface area contributed by atoms with Gasteiger partial charge in [-0.1, -0.05) is 17.7 Å². The summed E-state index contributed by atoms with van der Waals surface area (Å²) in [7, 11) is 1.13. The molecular formula is C12H10ClNO4. The van der Waals surface area contributed by atoms with Crippen molar-refractivity contribution in [3.63, 3.8) is 0 Å². The van der Waals surface area contributed by atoms with Crippen LogP contribution < -0.4 is 5.56 Å². The molecule has 0 amide bonds. The van der Waals surface area contributed by atoms with Gasteiger partial charge in [-0.3, -0.25) is 4.79 Å². The van der Waals surface area contributed by atoms with E-state index >= 15 is 0 Å². The molecule has 18 heavy (non-hydrogen) atoms. The van der Waals surface area contributed by atoms with Crippen LogP contribution in [0.5, 0.6) is 5.75 Å². The van der Waals surface area contributed by atoms with Crippen LogP contribution >= 0.6 is 11.6 Å². The Morgan fingerprint density at radius 3 is 2.72 bits per heavy atom. The molecule has 0 aliphatic carbocycles. The second-order valence-electron chi connectivity index (χ2n) is 3.78. The number of carbonyl (C=O) groups excluding carboxylic acids is 1. The number of carbonyl (C=O) groups is 1. The summed E-state index contributed by atoms with van der Waals surface area (Å²) in [6.07, 6.45) is 0. The molecule has 0 spiro atoms. The van der Waals surface area contributed by atoms with E-state index in [4.69, 9.17) is 11.6 Å². The molecule has 5 nitrogen and oxygen atoms in total. The highest BCUT2D eigenvalue weighted by Crippen LogP contribution is 2.33. The largest absolute Gasteiger partial charge is 0.506 e. The molecule has 0 saturated carbocycles. The van der Waals surface area contributed by atoms with Crippen LogP contribution in [0.15, 0.2) is 16.9 Å². The number of fused-ring (bicyclic) bond motifs is 1. The van der Waals surface area contributed by atoms with Crippen molar-refractivity contribution in [1.29, 1.82) is 0 Å². The predicted molar refractivity (Wildman–Crippen MR) is 67.3 cm³/mol. The molecular weight excluding hydrogens is 258 g/mol. The lowest BCUT2D eigenvalue weighted by molar-refractivity contribution is 0.0595. The van der Waals surface area contributed by atoms with E-state index in [2.05, 4.69) is 9.72 Å². The number of methoxy groups -OCH3 is 1. The van der Waals surface area contributed by atoms with Crippen LogP contribution in [-0.2, 0) is 4.74 Å². The van der Waals surface area contributed by atoms with Crippen molar-refractivity contribution >= 4 is 28.5 Å². The van der Waals surface area contributed by atoms with Crippen LogP contribution in [0.4, 0.5) is 0 Å². The molecule has 1 aromatic carbocycles. The number of rotatable bonds is 1. The number of nitrogens with one attached hydrogen (secondary N) is 1. The van der Waals surface area contributed by atoms with Gasteiger partial charge in [0.2, 0.25) is 0 Å². The second-order valence-corrected chi connectivity index (χ2v) is 4.19. The lowest BCUT2D eigenvalue weighted by Gasteiger charge is -2.09. The maximum atomic E-state index is 11.8. The molecule has 0 atom stereocenters. The molecule has 0 unspecified atom stereocenters. The van der Waals surface area contributed by atoms with Crippen molar-refractivity contribution in [2.24, 2.45) is 0 Å². The van der Waals surface area contributed by atoms with Crippen molar-refractivity contribution in [3.05, 3.63) is 38.6 Å². The summed E-state index contributed by atoms with van der Waals surface area (Å²) in [5, 5.41) is 10.5. The zero-order chi connectivity index (χ0) is 13.4. The monoisotopic (exact) mass is 267 g/mol. The molecule has 1 heterocycles. The smallest absolute Gasteiger partial charge is 0.347 e. The van der Waals surface area contributed by atoms with Gasteiger partial charge in [-0.2, -0.15) is 0 Å². The zero-order valence-electron chi connectivity index (χ0n) is 9.70. The van der Waals surface area contributed by atoms with E-state index < -0.39 is 22.8 Å². The Kier molecular flexibility index (Phi) is 3.00. The highest BCUT2D eigenvalue weighted by atomic mass is 35.5. The Bertz CT molecular complexity index is 705. The fourth-order valence-corrected chi connectivity index (χ4v) is 2.02. The zero-order valence-corrected chi connectivity index (χ0v) is 10.5. The maximum Gasteiger partial charge on any atom is 0.347 e. The molecule has 0 bridgehead atoms. The fraction of sp³-hybridized carbons (Fsp3) is 0.167. The average molecular weight is 268 g/mol. The maximum absolute atomic E-state index is 11.8. The summed E-state index contributed by atoms with van der Waals surface area (Å²) < 4.78 is 4.45. The molecule has 2 rings (SSSR count). The molecule has 0 fully saturated rings. The summed E-state index contributed by atoms with van der Waals surface area (Å²) in [4.78, 5) is 25.7. The number of hydrogen-bond acceptors (Lipinski definition) is 4. The van der Waals surface area contributed by atoms with Gasteiger partial charge in [0, 0.05) is 0 Å². The Hall–Kier alpha value is -2.01. The first-order valence-corrected chi connectivity index (χ1v) is 5.47. The molecule has 0 saturated heterocycles. The number of benzene rings is 1. The summed E-state index contributed by atoms with van der Waals surface area (Å²) >= 11 is 5.97. The second kappa shape index (κ2) is 4.34. The standard InChI is InChI=1S/C12H10ClNO4/c1-5-3-4-6(13)7-9(5)14-11(16)8(10(7)15)12(17)18-2/h3-4H,1-2H3,(H2,14,15,16). The number of esters is 1. The number of aromatic nitrogens is 1. The van der Waals surface area contributed by atoms with Gasteiger partial charge in [-0.15, -0.1) is 0 Å². The number of pyridine rings is 1. The van der Waals surface area contributed by atoms with Crippen LogP contribution in [-0.4, -0.2) is 23.2 Å². The quantitative estimate of drug-likeness (QED) is 0.775. The molecule has 0 radical (unpaired) electrons. The number of aromatic amines is 1. The van der Waals surface area contributed by atoms with Gasteiger partial charge in [0.25, 0.3) is 5.56 Å². The topological polar surface area (TPSA) is 79.4 Å². The predicted octanol–water partition coefficient (Wildman–Crippen LogP) is 1.98. The minimum atomic E-state index is -0.909. The summed E-state index contributed by atoms with van der Waals surface area (Å²) in [6.45, 7) is 1.76. The van der Waals surface area contributed by atoms with Crippen LogP contribution in [0.25, 0.3) is 10.9 Å². The third kappa shape index (κ3) is 1.73. The number of aryl methyl sites for hydroxylation is 1. The first kappa shape index (κ1) is 12.4. The van der Waals surface area contributed by atoms with Crippen LogP contribution in [0.1, 0.15) is 15.9 Å². The van der Waals surface area contributed by atoms with Crippen LogP contribution in [0, 0.1) is 6.92 Å². The average Bonchev–Trinajstić information content (AvgIpc) is 2.33. The minimum Gasteiger partial charge on any atom is -0.506 e. The number of H-pyrrole nitrogens is 1. The van der Waals surface area contributed by atoms with Gasteiger partial charge >= 0.3 is 5.97 Å². The highest BCUT2D eigenvalue weighted by Gasteiger charge is 2.21. The number of aromatic hydroxyl groups is 1. The molecule has 1 aromatic heterocycles. The van der Waals surface area contributed by atoms with Crippen molar-refractivity contribution < 1.29 is 14.6 Å². The van der Waals surface area contributed by atoms with Gasteiger partial charge in [-0.25, -0.2) is 4.79 Å². The summed E-state index contributed by atoms with van der Waals surface area (Å²) in [5.74, 6) is -1.37. The first-order valence-electron chi connectivity index (χ1n) is 5.09. The number of halogens is 1. The number of hydrogen-bond donors (Lipinski definition) is 2. The van der Waals surface area contributed by atoms with E-state index in [-0.39, 0.29) is 10.4 Å². The molecule has 0 aliphatic rings. The van der Waals surface area contributed by atoms with Gasteiger partial charge < -0.3 is 14.8 Å². The highest BCUT2D eigenvalue weighted by molar-refractivity contribution is 6.36. The van der Waals surface area contributed by atoms with E-state index in [0.717, 1.165) is 12.7 Å². The van der Waals surface area contributed by atoms with E-state index in [0.29, 0.717) is 5.52 Å². The van der Waals surface area contributed by atoms with Crippen LogP contribution in [0.2, 0.25) is 5.02 Å². The van der Waals surface area contributed by atoms with Gasteiger partial charge in [0.05, 0.1) is 23.0 Å². The lowest BCUT2D eigenvalue weighted by Crippen LogP contribution is -2.19. The van der Waals surface area contributed by atoms with E-state index in [1.165, 1.54) is 0 Å². The first-order chi connectivity index (χ1) is 8.47. The Morgan fingerprint density at radius 2 is 2.11 bits per heavy atom. The Labute approximate surface area is 107 Å². The Balaban J connectivity index is 2.99.